The van der Waals surface area contributed by atoms with Crippen LogP contribution in [-0.4, -0.2) is 23.3 Å². The summed E-state index contributed by atoms with van der Waals surface area (Å²) < 4.78 is 6.15. The summed E-state index contributed by atoms with van der Waals surface area (Å²) in [5, 5.41) is 12.2. The minimum absolute atomic E-state index is 0.0459. The molecule has 1 aromatic carbocycles. The van der Waals surface area contributed by atoms with Crippen LogP contribution >= 0.6 is 0 Å². The third-order valence-electron chi connectivity index (χ3n) is 4.84. The molecule has 0 bridgehead atoms. The predicted molar refractivity (Wildman–Crippen MR) is 103 cm³/mol. The number of aryl methyl sites for hydroxylation is 1. The molecule has 0 N–H and O–H groups in total. The second-order valence-electron chi connectivity index (χ2n) is 7.12. The highest BCUT2D eigenvalue weighted by molar-refractivity contribution is 6.10. The van der Waals surface area contributed by atoms with Crippen LogP contribution in [0.5, 0.6) is 5.88 Å². The summed E-state index contributed by atoms with van der Waals surface area (Å²) in [7, 11) is 0. The fourth-order valence-corrected chi connectivity index (χ4v) is 3.74. The summed E-state index contributed by atoms with van der Waals surface area (Å²) in [5.41, 5.74) is 6.72. The molecule has 0 saturated heterocycles. The van der Waals surface area contributed by atoms with Gasteiger partial charge in [-0.25, -0.2) is 4.98 Å². The van der Waals surface area contributed by atoms with E-state index in [1.807, 2.05) is 19.9 Å². The number of fused-ring (bicyclic) bond motifs is 1. The van der Waals surface area contributed by atoms with Crippen LogP contribution in [0.3, 0.4) is 0 Å². The minimum atomic E-state index is 0.0459. The molecule has 4 rings (SSSR count). The lowest BCUT2D eigenvalue weighted by atomic mass is 9.89. The van der Waals surface area contributed by atoms with Gasteiger partial charge in [-0.15, -0.1) is 5.10 Å². The van der Waals surface area contributed by atoms with Gasteiger partial charge in [0.05, 0.1) is 11.7 Å². The molecule has 0 atom stereocenters. The first-order valence-electron chi connectivity index (χ1n) is 9.45. The minimum Gasteiger partial charge on any atom is -0.474 e. The summed E-state index contributed by atoms with van der Waals surface area (Å²) in [4.78, 5) is 4.96. The van der Waals surface area contributed by atoms with Gasteiger partial charge in [-0.2, -0.15) is 5.11 Å². The van der Waals surface area contributed by atoms with E-state index in [-0.39, 0.29) is 6.10 Å². The Hall–Kier alpha value is -2.56. The number of benzene rings is 1. The highest BCUT2D eigenvalue weighted by Gasteiger charge is 2.27. The van der Waals surface area contributed by atoms with E-state index >= 15 is 0 Å². The Morgan fingerprint density at radius 3 is 2.50 bits per heavy atom. The van der Waals surface area contributed by atoms with Gasteiger partial charge in [0.15, 0.2) is 0 Å². The smallest absolute Gasteiger partial charge is 0.223 e. The van der Waals surface area contributed by atoms with Gasteiger partial charge in [-0.1, -0.05) is 36.8 Å². The number of rotatable bonds is 4. The third kappa shape index (κ3) is 3.26. The number of ether oxygens (including phenoxy) is 1. The third-order valence-corrected chi connectivity index (χ3v) is 4.84. The van der Waals surface area contributed by atoms with Crippen molar-refractivity contribution in [3.8, 4) is 17.0 Å². The van der Waals surface area contributed by atoms with Crippen LogP contribution in [0.1, 0.15) is 49.9 Å². The Morgan fingerprint density at radius 1 is 0.962 bits per heavy atom. The summed E-state index contributed by atoms with van der Waals surface area (Å²) in [6, 6.07) is 10.5. The Labute approximate surface area is 154 Å². The van der Waals surface area contributed by atoms with Crippen molar-refractivity contribution in [2.45, 2.75) is 52.1 Å². The molecular weight excluding hydrogens is 324 g/mol. The molecule has 1 aliphatic carbocycles. The molecule has 1 aromatic heterocycles. The van der Waals surface area contributed by atoms with E-state index in [4.69, 9.17) is 9.72 Å². The maximum Gasteiger partial charge on any atom is 0.223 e. The normalized spacial score (nSPS) is 16.3. The number of aromatic nitrogens is 1. The molecule has 0 unspecified atom stereocenters. The first-order valence-corrected chi connectivity index (χ1v) is 9.45. The summed E-state index contributed by atoms with van der Waals surface area (Å²) >= 11 is 0. The van der Waals surface area contributed by atoms with Crippen molar-refractivity contribution in [1.82, 2.24) is 4.98 Å². The van der Waals surface area contributed by atoms with Crippen molar-refractivity contribution in [1.29, 1.82) is 0 Å². The van der Waals surface area contributed by atoms with Crippen molar-refractivity contribution < 1.29 is 4.74 Å². The van der Waals surface area contributed by atoms with Crippen molar-refractivity contribution in [3.05, 3.63) is 47.2 Å². The van der Waals surface area contributed by atoms with Gasteiger partial charge in [-0.3, -0.25) is 0 Å². The molecule has 5 nitrogen and oxygen atoms in total. The molecule has 5 heteroatoms. The molecule has 0 radical (unpaired) electrons. The summed E-state index contributed by atoms with van der Waals surface area (Å²) in [6.07, 6.45) is 5.71. The lowest BCUT2D eigenvalue weighted by molar-refractivity contribution is 0.231. The molecule has 2 aliphatic rings. The molecule has 26 heavy (non-hydrogen) atoms. The van der Waals surface area contributed by atoms with E-state index in [2.05, 4.69) is 39.7 Å². The summed E-state index contributed by atoms with van der Waals surface area (Å²) in [6.45, 7) is 4.55. The molecule has 134 valence electrons. The van der Waals surface area contributed by atoms with E-state index in [1.54, 1.807) is 0 Å². The van der Waals surface area contributed by atoms with Gasteiger partial charge in [0.2, 0.25) is 5.88 Å². The average Bonchev–Trinajstić information content (AvgIpc) is 3.06. The van der Waals surface area contributed by atoms with Crippen molar-refractivity contribution in [2.75, 3.05) is 6.54 Å². The molecule has 2 heterocycles. The second kappa shape index (κ2) is 7.36. The number of hydrogen-bond acceptors (Lipinski definition) is 5. The first-order chi connectivity index (χ1) is 12.7. The van der Waals surface area contributed by atoms with Gasteiger partial charge in [0, 0.05) is 11.3 Å². The number of pyridine rings is 1. The fraction of sp³-hybridized carbons (Fsp3) is 0.429. The quantitative estimate of drug-likeness (QED) is 0.732. The van der Waals surface area contributed by atoms with Crippen LogP contribution < -0.4 is 4.74 Å². The molecule has 2 aromatic rings. The molecule has 0 saturated carbocycles. The van der Waals surface area contributed by atoms with Crippen LogP contribution in [-0.2, 0) is 12.8 Å². The maximum absolute atomic E-state index is 6.15. The van der Waals surface area contributed by atoms with Gasteiger partial charge >= 0.3 is 0 Å². The molecule has 1 aliphatic heterocycles. The molecular formula is C21H24N4O. The average molecular weight is 348 g/mol. The Kier molecular flexibility index (Phi) is 4.78. The highest BCUT2D eigenvalue weighted by atomic mass is 16.5. The van der Waals surface area contributed by atoms with Crippen molar-refractivity contribution >= 4 is 5.71 Å². The molecule has 0 amide bonds. The van der Waals surface area contributed by atoms with Crippen molar-refractivity contribution in [2.24, 2.45) is 15.4 Å². The number of nitrogens with zero attached hydrogens (tertiary/aromatic N) is 4. The lowest BCUT2D eigenvalue weighted by Gasteiger charge is -2.21. The van der Waals surface area contributed by atoms with Crippen molar-refractivity contribution in [3.63, 3.8) is 0 Å². The standard InChI is InChI=1S/C21H24N4O/c1-14(2)26-21-20(18-13-22-25-24-18)19(15-9-5-3-6-10-15)16-11-7-4-8-12-17(16)23-21/h3,5-6,9-10,14H,4,7-8,11-13H2,1-2H3. The van der Waals surface area contributed by atoms with Crippen LogP contribution in [0.4, 0.5) is 0 Å². The van der Waals surface area contributed by atoms with Crippen LogP contribution in [0.25, 0.3) is 11.1 Å². The highest BCUT2D eigenvalue weighted by Crippen LogP contribution is 2.38. The largest absolute Gasteiger partial charge is 0.474 e. The Bertz CT molecular complexity index is 856. The zero-order valence-corrected chi connectivity index (χ0v) is 15.4. The molecule has 0 fully saturated rings. The Balaban J connectivity index is 2.00. The zero-order chi connectivity index (χ0) is 17.9. The van der Waals surface area contributed by atoms with Crippen LogP contribution in [0.2, 0.25) is 0 Å². The van der Waals surface area contributed by atoms with Crippen LogP contribution in [0, 0.1) is 0 Å². The summed E-state index contributed by atoms with van der Waals surface area (Å²) in [5.74, 6) is 0.672. The maximum atomic E-state index is 6.15. The van der Waals surface area contributed by atoms with Gasteiger partial charge < -0.3 is 4.74 Å². The first kappa shape index (κ1) is 16.9. The zero-order valence-electron chi connectivity index (χ0n) is 15.4. The van der Waals surface area contributed by atoms with E-state index in [0.717, 1.165) is 24.1 Å². The molecule has 0 spiro atoms. The van der Waals surface area contributed by atoms with E-state index in [9.17, 15) is 0 Å². The van der Waals surface area contributed by atoms with Gasteiger partial charge in [0.25, 0.3) is 0 Å². The fourth-order valence-electron chi connectivity index (χ4n) is 3.74. The van der Waals surface area contributed by atoms with Crippen LogP contribution in [0.15, 0.2) is 45.8 Å². The number of hydrogen-bond donors (Lipinski definition) is 0. The Morgan fingerprint density at radius 2 is 1.77 bits per heavy atom. The SMILES string of the molecule is CC(C)Oc1nc2c(c(-c3ccccc3)c1C1=NN=NC1)CCCCC2. The van der Waals surface area contributed by atoms with Gasteiger partial charge in [0.1, 0.15) is 12.3 Å². The lowest BCUT2D eigenvalue weighted by Crippen LogP contribution is -2.17. The monoisotopic (exact) mass is 348 g/mol. The van der Waals surface area contributed by atoms with E-state index < -0.39 is 0 Å². The van der Waals surface area contributed by atoms with Gasteiger partial charge in [-0.05, 0) is 55.9 Å². The second-order valence-corrected chi connectivity index (χ2v) is 7.12. The topological polar surface area (TPSA) is 59.2 Å². The van der Waals surface area contributed by atoms with E-state index in [1.165, 1.54) is 41.6 Å². The predicted octanol–water partition coefficient (Wildman–Crippen LogP) is 4.97. The van der Waals surface area contributed by atoms with E-state index in [0.29, 0.717) is 12.4 Å².